The van der Waals surface area contributed by atoms with Gasteiger partial charge >= 0.3 is 5.97 Å². The van der Waals surface area contributed by atoms with Crippen LogP contribution in [-0.2, 0) is 20.9 Å². The molecule has 1 heterocycles. The van der Waals surface area contributed by atoms with Gasteiger partial charge < -0.3 is 15.0 Å². The van der Waals surface area contributed by atoms with E-state index in [1.165, 1.54) is 7.11 Å². The molecule has 1 atom stereocenters. The van der Waals surface area contributed by atoms with E-state index < -0.39 is 5.97 Å². The number of esters is 1. The Morgan fingerprint density at radius 3 is 2.46 bits per heavy atom. The number of methoxy groups -OCH3 is 1. The molecular weight excluding hydrogens is 332 g/mol. The van der Waals surface area contributed by atoms with Crippen molar-refractivity contribution in [1.29, 1.82) is 0 Å². The second-order valence-electron chi connectivity index (χ2n) is 6.15. The molecule has 1 aliphatic heterocycles. The highest BCUT2D eigenvalue weighted by molar-refractivity contribution is 6.00. The Labute approximate surface area is 151 Å². The molecule has 2 aromatic carbocycles. The summed E-state index contributed by atoms with van der Waals surface area (Å²) in [4.78, 5) is 37.7. The van der Waals surface area contributed by atoms with Gasteiger partial charge in [0.1, 0.15) is 0 Å². The molecule has 0 aliphatic carbocycles. The van der Waals surface area contributed by atoms with Gasteiger partial charge in [-0.1, -0.05) is 30.3 Å². The van der Waals surface area contributed by atoms with Gasteiger partial charge in [-0.15, -0.1) is 0 Å². The Balaban J connectivity index is 1.56. The van der Waals surface area contributed by atoms with Crippen LogP contribution in [0.5, 0.6) is 0 Å². The molecule has 1 aliphatic rings. The molecule has 6 heteroatoms. The van der Waals surface area contributed by atoms with E-state index >= 15 is 0 Å². The number of nitrogens with one attached hydrogen (secondary N) is 1. The highest BCUT2D eigenvalue weighted by Crippen LogP contribution is 2.24. The summed E-state index contributed by atoms with van der Waals surface area (Å²) < 4.78 is 4.65. The number of carbonyl (C=O) groups excluding carboxylic acids is 3. The Kier molecular flexibility index (Phi) is 5.31. The van der Waals surface area contributed by atoms with Crippen LogP contribution in [0.4, 0.5) is 5.69 Å². The second-order valence-corrected chi connectivity index (χ2v) is 6.15. The molecule has 26 heavy (non-hydrogen) atoms. The number of carbonyl (C=O) groups is 3. The van der Waals surface area contributed by atoms with Crippen molar-refractivity contribution in [2.24, 2.45) is 5.92 Å². The van der Waals surface area contributed by atoms with Gasteiger partial charge in [0.05, 0.1) is 18.6 Å². The normalized spacial score (nSPS) is 16.4. The Morgan fingerprint density at radius 1 is 1.12 bits per heavy atom. The summed E-state index contributed by atoms with van der Waals surface area (Å²) >= 11 is 0. The first-order valence-corrected chi connectivity index (χ1v) is 8.39. The van der Waals surface area contributed by atoms with Crippen LogP contribution in [0, 0.1) is 5.92 Å². The van der Waals surface area contributed by atoms with Crippen molar-refractivity contribution in [3.05, 3.63) is 65.7 Å². The number of benzene rings is 2. The van der Waals surface area contributed by atoms with Crippen molar-refractivity contribution in [3.63, 3.8) is 0 Å². The van der Waals surface area contributed by atoms with E-state index in [4.69, 9.17) is 0 Å². The molecule has 1 N–H and O–H groups in total. The SMILES string of the molecule is COC(=O)c1ccc(CNC(=O)C2CC(=O)N(c3ccccc3)C2)cc1. The minimum Gasteiger partial charge on any atom is -0.465 e. The van der Waals surface area contributed by atoms with Crippen LogP contribution < -0.4 is 10.2 Å². The van der Waals surface area contributed by atoms with Crippen LogP contribution in [0.25, 0.3) is 0 Å². The smallest absolute Gasteiger partial charge is 0.337 e. The maximum Gasteiger partial charge on any atom is 0.337 e. The topological polar surface area (TPSA) is 75.7 Å². The van der Waals surface area contributed by atoms with Gasteiger partial charge in [-0.25, -0.2) is 4.79 Å². The predicted octanol–water partition coefficient (Wildman–Crippen LogP) is 2.14. The van der Waals surface area contributed by atoms with Gasteiger partial charge in [0.2, 0.25) is 11.8 Å². The molecule has 2 aromatic rings. The minimum atomic E-state index is -0.397. The lowest BCUT2D eigenvalue weighted by atomic mass is 10.1. The maximum absolute atomic E-state index is 12.4. The van der Waals surface area contributed by atoms with Crippen LogP contribution in [0.2, 0.25) is 0 Å². The number of nitrogens with zero attached hydrogens (tertiary/aromatic N) is 1. The molecule has 1 fully saturated rings. The largest absolute Gasteiger partial charge is 0.465 e. The zero-order valence-electron chi connectivity index (χ0n) is 14.5. The van der Waals surface area contributed by atoms with Gasteiger partial charge in [0, 0.05) is 25.2 Å². The van der Waals surface area contributed by atoms with Crippen LogP contribution in [-0.4, -0.2) is 31.4 Å². The van der Waals surface area contributed by atoms with Crippen molar-refractivity contribution in [1.82, 2.24) is 5.32 Å². The summed E-state index contributed by atoms with van der Waals surface area (Å²) in [6.07, 6.45) is 0.210. The molecule has 3 rings (SSSR count). The molecule has 134 valence electrons. The third-order valence-electron chi connectivity index (χ3n) is 4.41. The summed E-state index contributed by atoms with van der Waals surface area (Å²) in [5.41, 5.74) is 2.14. The molecule has 0 spiro atoms. The van der Waals surface area contributed by atoms with Crippen LogP contribution in [0.1, 0.15) is 22.3 Å². The molecule has 2 amide bonds. The van der Waals surface area contributed by atoms with Crippen molar-refractivity contribution < 1.29 is 19.1 Å². The average Bonchev–Trinajstić information content (AvgIpc) is 3.08. The summed E-state index contributed by atoms with van der Waals surface area (Å²) in [6, 6.07) is 16.2. The number of ether oxygens (including phenoxy) is 1. The summed E-state index contributed by atoms with van der Waals surface area (Å²) in [7, 11) is 1.33. The molecule has 6 nitrogen and oxygen atoms in total. The molecule has 0 saturated carbocycles. The Morgan fingerprint density at radius 2 is 1.81 bits per heavy atom. The molecule has 1 unspecified atom stereocenters. The van der Waals surface area contributed by atoms with E-state index in [1.807, 2.05) is 30.3 Å². The van der Waals surface area contributed by atoms with E-state index in [-0.39, 0.29) is 24.2 Å². The Hall–Kier alpha value is -3.15. The summed E-state index contributed by atoms with van der Waals surface area (Å²) in [5, 5.41) is 2.86. The first-order chi connectivity index (χ1) is 12.6. The van der Waals surface area contributed by atoms with Crippen molar-refractivity contribution in [3.8, 4) is 0 Å². The lowest BCUT2D eigenvalue weighted by molar-refractivity contribution is -0.126. The number of para-hydroxylation sites is 1. The van der Waals surface area contributed by atoms with E-state index in [1.54, 1.807) is 29.2 Å². The number of amides is 2. The zero-order chi connectivity index (χ0) is 18.5. The fourth-order valence-electron chi connectivity index (χ4n) is 2.95. The van der Waals surface area contributed by atoms with Crippen molar-refractivity contribution >= 4 is 23.5 Å². The highest BCUT2D eigenvalue weighted by Gasteiger charge is 2.34. The van der Waals surface area contributed by atoms with Crippen LogP contribution >= 0.6 is 0 Å². The molecule has 0 aromatic heterocycles. The van der Waals surface area contributed by atoms with Gasteiger partial charge in [-0.2, -0.15) is 0 Å². The van der Waals surface area contributed by atoms with Crippen LogP contribution in [0.15, 0.2) is 54.6 Å². The minimum absolute atomic E-state index is 0.0428. The number of hydrogen-bond acceptors (Lipinski definition) is 4. The molecule has 1 saturated heterocycles. The van der Waals surface area contributed by atoms with Crippen molar-refractivity contribution in [2.45, 2.75) is 13.0 Å². The zero-order valence-corrected chi connectivity index (χ0v) is 14.5. The summed E-state index contributed by atoms with van der Waals surface area (Å²) in [5.74, 6) is -0.948. The lowest BCUT2D eigenvalue weighted by Crippen LogP contribution is -2.32. The number of anilines is 1. The van der Waals surface area contributed by atoms with Gasteiger partial charge in [0.25, 0.3) is 0 Å². The summed E-state index contributed by atoms with van der Waals surface area (Å²) in [6.45, 7) is 0.728. The van der Waals surface area contributed by atoms with Gasteiger partial charge in [-0.05, 0) is 29.8 Å². The average molecular weight is 352 g/mol. The molecule has 0 bridgehead atoms. The quantitative estimate of drug-likeness (QED) is 0.837. The van der Waals surface area contributed by atoms with E-state index in [0.29, 0.717) is 18.7 Å². The maximum atomic E-state index is 12.4. The fraction of sp³-hybridized carbons (Fsp3) is 0.250. The van der Waals surface area contributed by atoms with Gasteiger partial charge in [0.15, 0.2) is 0 Å². The standard InChI is InChI=1S/C20H20N2O4/c1-26-20(25)15-9-7-14(8-10-15)12-21-19(24)16-11-18(23)22(13-16)17-5-3-2-4-6-17/h2-10,16H,11-13H2,1H3,(H,21,24). The molecular formula is C20H20N2O4. The number of hydrogen-bond donors (Lipinski definition) is 1. The van der Waals surface area contributed by atoms with E-state index in [2.05, 4.69) is 10.1 Å². The van der Waals surface area contributed by atoms with Crippen molar-refractivity contribution in [2.75, 3.05) is 18.6 Å². The molecule has 0 radical (unpaired) electrons. The monoisotopic (exact) mass is 352 g/mol. The van der Waals surface area contributed by atoms with E-state index in [0.717, 1.165) is 11.3 Å². The first-order valence-electron chi connectivity index (χ1n) is 8.39. The van der Waals surface area contributed by atoms with E-state index in [9.17, 15) is 14.4 Å². The third-order valence-corrected chi connectivity index (χ3v) is 4.41. The predicted molar refractivity (Wildman–Crippen MR) is 96.5 cm³/mol. The first kappa shape index (κ1) is 17.7. The fourth-order valence-corrected chi connectivity index (χ4v) is 2.95. The Bertz CT molecular complexity index is 802. The van der Waals surface area contributed by atoms with Gasteiger partial charge in [-0.3, -0.25) is 9.59 Å². The lowest BCUT2D eigenvalue weighted by Gasteiger charge is -2.16. The van der Waals surface area contributed by atoms with Crippen LogP contribution in [0.3, 0.4) is 0 Å². The highest BCUT2D eigenvalue weighted by atomic mass is 16.5. The third kappa shape index (κ3) is 3.91. The second kappa shape index (κ2) is 7.82. The number of rotatable bonds is 5.